The van der Waals surface area contributed by atoms with Crippen molar-refractivity contribution in [1.82, 2.24) is 10.2 Å². The summed E-state index contributed by atoms with van der Waals surface area (Å²) in [5.41, 5.74) is -1.01. The molecule has 3 rings (SSSR count). The average molecular weight is 416 g/mol. The van der Waals surface area contributed by atoms with Gasteiger partial charge in [0.15, 0.2) is 5.78 Å². The van der Waals surface area contributed by atoms with E-state index in [0.29, 0.717) is 18.4 Å². The number of methoxy groups -OCH3 is 1. The molecule has 1 aliphatic heterocycles. The molecule has 1 fully saturated rings. The molecule has 1 heterocycles. The largest absolute Gasteiger partial charge is 0.496 e. The number of hydrogen-bond donors (Lipinski definition) is 1. The summed E-state index contributed by atoms with van der Waals surface area (Å²) >= 11 is 0. The van der Waals surface area contributed by atoms with E-state index in [1.54, 1.807) is 0 Å². The van der Waals surface area contributed by atoms with Crippen LogP contribution in [0.3, 0.4) is 0 Å². The number of halogens is 2. The highest BCUT2D eigenvalue weighted by molar-refractivity contribution is 6.12. The maximum atomic E-state index is 13.6. The maximum Gasteiger partial charge on any atom is 0.325 e. The number of unbranched alkanes of at least 4 members (excludes halogenated alkanes) is 1. The van der Waals surface area contributed by atoms with Crippen LogP contribution >= 0.6 is 0 Å². The number of carbonyl (C=O) groups excluding carboxylic acids is 3. The number of Topliss-reactive ketones (excluding diaryl/α,β-unsaturated/α-hetero) is 1. The van der Waals surface area contributed by atoms with Crippen molar-refractivity contribution < 1.29 is 27.9 Å². The van der Waals surface area contributed by atoms with E-state index < -0.39 is 41.4 Å². The van der Waals surface area contributed by atoms with Crippen molar-refractivity contribution in [3.05, 3.63) is 65.2 Å². The Bertz CT molecular complexity index is 978. The van der Waals surface area contributed by atoms with Crippen molar-refractivity contribution in [3.63, 3.8) is 0 Å². The summed E-state index contributed by atoms with van der Waals surface area (Å²) in [7, 11) is 1.34. The molecule has 1 aliphatic rings. The lowest BCUT2D eigenvalue weighted by atomic mass is 9.84. The number of imide groups is 1. The minimum Gasteiger partial charge on any atom is -0.496 e. The van der Waals surface area contributed by atoms with E-state index >= 15 is 0 Å². The molecule has 158 valence electrons. The molecule has 8 heteroatoms. The summed E-state index contributed by atoms with van der Waals surface area (Å²) in [5, 5.41) is 2.69. The molecule has 0 aliphatic carbocycles. The van der Waals surface area contributed by atoms with Gasteiger partial charge in [-0.05, 0) is 42.3 Å². The smallest absolute Gasteiger partial charge is 0.325 e. The molecule has 3 amide bonds. The van der Waals surface area contributed by atoms with Crippen molar-refractivity contribution >= 4 is 17.7 Å². The van der Waals surface area contributed by atoms with E-state index in [-0.39, 0.29) is 11.3 Å². The highest BCUT2D eigenvalue weighted by atomic mass is 19.1. The van der Waals surface area contributed by atoms with Gasteiger partial charge in [-0.25, -0.2) is 13.6 Å². The third kappa shape index (κ3) is 3.90. The predicted molar refractivity (Wildman–Crippen MR) is 105 cm³/mol. The topological polar surface area (TPSA) is 75.7 Å². The van der Waals surface area contributed by atoms with Gasteiger partial charge < -0.3 is 10.1 Å². The van der Waals surface area contributed by atoms with Crippen molar-refractivity contribution in [1.29, 1.82) is 0 Å². The first-order valence-electron chi connectivity index (χ1n) is 9.59. The molecule has 2 aromatic rings. The van der Waals surface area contributed by atoms with Gasteiger partial charge in [0.2, 0.25) is 0 Å². The summed E-state index contributed by atoms with van der Waals surface area (Å²) < 4.78 is 32.1. The van der Waals surface area contributed by atoms with E-state index in [9.17, 15) is 23.2 Å². The van der Waals surface area contributed by atoms with E-state index in [1.807, 2.05) is 6.92 Å². The molecule has 0 radical (unpaired) electrons. The van der Waals surface area contributed by atoms with Gasteiger partial charge in [0.1, 0.15) is 22.9 Å². The fourth-order valence-corrected chi connectivity index (χ4v) is 3.58. The van der Waals surface area contributed by atoms with Crippen molar-refractivity contribution in [2.24, 2.45) is 0 Å². The minimum absolute atomic E-state index is 0.0639. The Hall–Kier alpha value is -3.29. The van der Waals surface area contributed by atoms with Crippen LogP contribution in [0.2, 0.25) is 0 Å². The molecule has 0 bridgehead atoms. The Morgan fingerprint density at radius 3 is 2.40 bits per heavy atom. The fourth-order valence-electron chi connectivity index (χ4n) is 3.58. The Labute approximate surface area is 172 Å². The van der Waals surface area contributed by atoms with Crippen LogP contribution in [0.4, 0.5) is 13.6 Å². The molecule has 30 heavy (non-hydrogen) atoms. The molecule has 6 nitrogen and oxygen atoms in total. The highest BCUT2D eigenvalue weighted by Gasteiger charge is 2.52. The first-order valence-corrected chi connectivity index (χ1v) is 9.59. The Balaban J connectivity index is 1.93. The Morgan fingerprint density at radius 2 is 1.77 bits per heavy atom. The van der Waals surface area contributed by atoms with E-state index in [1.165, 1.54) is 37.4 Å². The number of rotatable bonds is 8. The number of hydrogen-bond acceptors (Lipinski definition) is 4. The first-order chi connectivity index (χ1) is 14.3. The standard InChI is InChI=1S/C22H22F2N2O4/c1-3-4-11-22(14-5-7-15(23)8-6-14)20(28)26(21(29)25-22)13-18(27)17-12-16(24)9-10-19(17)30-2/h5-10,12H,3-4,11,13H2,1-2H3,(H,25,29)/t22-/m0/s1. The molecule has 1 N–H and O–H groups in total. The lowest BCUT2D eigenvalue weighted by molar-refractivity contribution is -0.131. The van der Waals surface area contributed by atoms with Gasteiger partial charge in [-0.3, -0.25) is 14.5 Å². The number of amides is 3. The molecule has 0 aromatic heterocycles. The predicted octanol–water partition coefficient (Wildman–Crippen LogP) is 3.79. The highest BCUT2D eigenvalue weighted by Crippen LogP contribution is 2.34. The summed E-state index contributed by atoms with van der Waals surface area (Å²) in [5.74, 6) is -2.20. The van der Waals surface area contributed by atoms with Gasteiger partial charge in [0.05, 0.1) is 19.2 Å². The van der Waals surface area contributed by atoms with Crippen LogP contribution in [-0.4, -0.2) is 36.3 Å². The van der Waals surface area contributed by atoms with Crippen LogP contribution in [-0.2, 0) is 10.3 Å². The number of ether oxygens (including phenoxy) is 1. The quantitative estimate of drug-likeness (QED) is 0.525. The number of benzene rings is 2. The molecule has 0 spiro atoms. The van der Waals surface area contributed by atoms with Gasteiger partial charge >= 0.3 is 6.03 Å². The van der Waals surface area contributed by atoms with Crippen molar-refractivity contribution in [2.75, 3.05) is 13.7 Å². The van der Waals surface area contributed by atoms with Crippen LogP contribution in [0.1, 0.15) is 42.1 Å². The zero-order valence-electron chi connectivity index (χ0n) is 16.7. The molecule has 0 unspecified atom stereocenters. The number of nitrogens with one attached hydrogen (secondary N) is 1. The van der Waals surface area contributed by atoms with E-state index in [2.05, 4.69) is 5.32 Å². The maximum absolute atomic E-state index is 13.6. The van der Waals surface area contributed by atoms with Crippen LogP contribution < -0.4 is 10.1 Å². The minimum atomic E-state index is -1.38. The number of nitrogens with zero attached hydrogens (tertiary/aromatic N) is 1. The van der Waals surface area contributed by atoms with Gasteiger partial charge in [0.25, 0.3) is 5.91 Å². The molecular weight excluding hydrogens is 394 g/mol. The van der Waals surface area contributed by atoms with Gasteiger partial charge in [-0.2, -0.15) is 0 Å². The van der Waals surface area contributed by atoms with Gasteiger partial charge in [0, 0.05) is 0 Å². The van der Waals surface area contributed by atoms with Crippen LogP contribution in [0, 0.1) is 11.6 Å². The second-order valence-electron chi connectivity index (χ2n) is 7.11. The average Bonchev–Trinajstić information content (AvgIpc) is 2.97. The van der Waals surface area contributed by atoms with E-state index in [4.69, 9.17) is 4.74 Å². The molecule has 2 aromatic carbocycles. The number of ketones is 1. The van der Waals surface area contributed by atoms with Gasteiger partial charge in [-0.1, -0.05) is 31.9 Å². The van der Waals surface area contributed by atoms with E-state index in [0.717, 1.165) is 23.5 Å². The summed E-state index contributed by atoms with van der Waals surface area (Å²) in [6.07, 6.45) is 1.70. The zero-order valence-corrected chi connectivity index (χ0v) is 16.7. The third-order valence-corrected chi connectivity index (χ3v) is 5.18. The second kappa shape index (κ2) is 8.61. The van der Waals surface area contributed by atoms with Crippen LogP contribution in [0.25, 0.3) is 0 Å². The summed E-state index contributed by atoms with van der Waals surface area (Å²) in [6.45, 7) is 1.37. The lowest BCUT2D eigenvalue weighted by Crippen LogP contribution is -2.44. The molecule has 1 atom stereocenters. The lowest BCUT2D eigenvalue weighted by Gasteiger charge is -2.27. The van der Waals surface area contributed by atoms with Crippen molar-refractivity contribution in [2.45, 2.75) is 31.7 Å². The number of urea groups is 1. The Morgan fingerprint density at radius 1 is 1.10 bits per heavy atom. The SMILES string of the molecule is CCCC[C@@]1(c2ccc(F)cc2)NC(=O)N(CC(=O)c2cc(F)ccc2OC)C1=O. The zero-order chi connectivity index (χ0) is 21.9. The van der Waals surface area contributed by atoms with Crippen LogP contribution in [0.5, 0.6) is 5.75 Å². The molecule has 1 saturated heterocycles. The molecular formula is C22H22F2N2O4. The van der Waals surface area contributed by atoms with Gasteiger partial charge in [-0.15, -0.1) is 0 Å². The Kier molecular flexibility index (Phi) is 6.14. The second-order valence-corrected chi connectivity index (χ2v) is 7.11. The van der Waals surface area contributed by atoms with Crippen LogP contribution in [0.15, 0.2) is 42.5 Å². The monoisotopic (exact) mass is 416 g/mol. The fraction of sp³-hybridized carbons (Fsp3) is 0.318. The summed E-state index contributed by atoms with van der Waals surface area (Å²) in [6, 6.07) is 8.05. The third-order valence-electron chi connectivity index (χ3n) is 5.18. The van der Waals surface area contributed by atoms with Crippen molar-refractivity contribution in [3.8, 4) is 5.75 Å². The molecule has 0 saturated carbocycles. The first kappa shape index (κ1) is 21.4. The normalized spacial score (nSPS) is 18.5. The summed E-state index contributed by atoms with van der Waals surface area (Å²) in [4.78, 5) is 39.5. The number of carbonyl (C=O) groups is 3.